The maximum absolute atomic E-state index is 12.5. The maximum atomic E-state index is 12.5. The summed E-state index contributed by atoms with van der Waals surface area (Å²) in [6.07, 6.45) is 4.05. The average Bonchev–Trinajstić information content (AvgIpc) is 3.34. The van der Waals surface area contributed by atoms with Crippen molar-refractivity contribution in [2.75, 3.05) is 25.4 Å². The summed E-state index contributed by atoms with van der Waals surface area (Å²) in [5.74, 6) is 6.83. The monoisotopic (exact) mass is 529 g/mol. The van der Waals surface area contributed by atoms with Crippen molar-refractivity contribution in [3.05, 3.63) is 75.6 Å². The lowest BCUT2D eigenvalue weighted by molar-refractivity contribution is 0.0150. The highest BCUT2D eigenvalue weighted by Crippen LogP contribution is 2.25. The molecule has 184 valence electrons. The van der Waals surface area contributed by atoms with Crippen molar-refractivity contribution in [2.24, 2.45) is 0 Å². The average molecular weight is 530 g/mol. The predicted molar refractivity (Wildman–Crippen MR) is 144 cm³/mol. The predicted octanol–water partition coefficient (Wildman–Crippen LogP) is 5.09. The first kappa shape index (κ1) is 27.0. The molecule has 3 rings (SSSR count). The number of thioether (sulfide) groups is 2. The zero-order chi connectivity index (χ0) is 25.0. The van der Waals surface area contributed by atoms with Crippen LogP contribution in [0.25, 0.3) is 0 Å². The molecule has 1 aliphatic rings. The highest BCUT2D eigenvalue weighted by molar-refractivity contribution is 8.16. The van der Waals surface area contributed by atoms with Crippen molar-refractivity contribution in [3.8, 4) is 11.8 Å². The number of aliphatic hydroxyl groups is 1. The van der Waals surface area contributed by atoms with E-state index in [-0.39, 0.29) is 5.24 Å². The molecule has 0 bridgehead atoms. The molecule has 0 saturated carbocycles. The minimum Gasteiger partial charge on any atom is -0.473 e. The van der Waals surface area contributed by atoms with Crippen LogP contribution in [0, 0.1) is 11.8 Å². The Labute approximate surface area is 217 Å². The van der Waals surface area contributed by atoms with Crippen molar-refractivity contribution >= 4 is 45.4 Å². The van der Waals surface area contributed by atoms with Crippen LogP contribution in [-0.2, 0) is 6.42 Å². The van der Waals surface area contributed by atoms with Gasteiger partial charge >= 0.3 is 5.30 Å². The topological polar surface area (TPSA) is 94.0 Å². The van der Waals surface area contributed by atoms with Gasteiger partial charge in [0, 0.05) is 36.3 Å². The quantitative estimate of drug-likeness (QED) is 0.325. The number of carbonyl (C=O) groups excluding carboxylic acids is 1. The molecule has 1 aromatic carbocycles. The highest BCUT2D eigenvalue weighted by Gasteiger charge is 2.27. The molecule has 1 saturated heterocycles. The molecular weight excluding hydrogens is 502 g/mol. The number of carbonyl (C=O) groups is 2. The first-order valence-electron chi connectivity index (χ1n) is 11.0. The van der Waals surface area contributed by atoms with Crippen LogP contribution in [0.1, 0.15) is 29.7 Å². The third-order valence-corrected chi connectivity index (χ3v) is 7.31. The summed E-state index contributed by atoms with van der Waals surface area (Å²) in [6.45, 7) is 5.23. The number of amides is 1. The van der Waals surface area contributed by atoms with E-state index in [9.17, 15) is 14.7 Å². The lowest BCUT2D eigenvalue weighted by Gasteiger charge is -2.38. The van der Waals surface area contributed by atoms with E-state index in [0.717, 1.165) is 28.6 Å². The number of carboxylic acid groups (broad SMARTS) is 1. The highest BCUT2D eigenvalue weighted by atomic mass is 32.2. The summed E-state index contributed by atoms with van der Waals surface area (Å²) in [6, 6.07) is 7.81. The van der Waals surface area contributed by atoms with Crippen LogP contribution in [0.3, 0.4) is 0 Å². The van der Waals surface area contributed by atoms with Crippen LogP contribution in [0.5, 0.6) is 0 Å². The standard InChI is InChI=1S/C25H27N3O4S3/c1-2-4-23(35-25(31)32)10-12-28-24(30)34-14-13-27(28)11-9-22(29)16-20-6-3-5-19(15-20)7-8-21-17-33-18-26-21/h2-6,15,17-18,22,29H,1,9-14,16H2,(H,31,32)/b23-4-/t22-/m1/s1. The minimum atomic E-state index is -0.990. The third kappa shape index (κ3) is 9.20. The third-order valence-electron chi connectivity index (χ3n) is 5.11. The zero-order valence-corrected chi connectivity index (χ0v) is 21.6. The number of allylic oxidation sites excluding steroid dienone is 2. The Hall–Kier alpha value is -2.55. The van der Waals surface area contributed by atoms with E-state index in [4.69, 9.17) is 5.11 Å². The normalized spacial score (nSPS) is 15.4. The Morgan fingerprint density at radius 2 is 2.20 bits per heavy atom. The summed E-state index contributed by atoms with van der Waals surface area (Å²) in [5.41, 5.74) is 4.36. The number of thiazole rings is 1. The lowest BCUT2D eigenvalue weighted by atomic mass is 10.0. The molecule has 2 N–H and O–H groups in total. The van der Waals surface area contributed by atoms with Crippen molar-refractivity contribution < 1.29 is 19.8 Å². The van der Waals surface area contributed by atoms with Gasteiger partial charge in [-0.25, -0.2) is 14.8 Å². The van der Waals surface area contributed by atoms with E-state index in [1.54, 1.807) is 22.7 Å². The fourth-order valence-corrected chi connectivity index (χ4v) is 5.40. The Balaban J connectivity index is 1.54. The van der Waals surface area contributed by atoms with Crippen LogP contribution in [0.4, 0.5) is 9.59 Å². The van der Waals surface area contributed by atoms with Crippen molar-refractivity contribution in [3.63, 3.8) is 0 Å². The fraction of sp³-hybridized carbons (Fsp3) is 0.320. The Bertz CT molecular complexity index is 1110. The van der Waals surface area contributed by atoms with Crippen molar-refractivity contribution in [1.82, 2.24) is 15.0 Å². The number of aliphatic hydroxyl groups excluding tert-OH is 1. The molecule has 7 nitrogen and oxygen atoms in total. The zero-order valence-electron chi connectivity index (χ0n) is 19.1. The summed E-state index contributed by atoms with van der Waals surface area (Å²) in [4.78, 5) is 28.4. The Kier molecular flexibility index (Phi) is 10.9. The summed E-state index contributed by atoms with van der Waals surface area (Å²) in [5, 5.41) is 24.2. The molecule has 0 spiro atoms. The second kappa shape index (κ2) is 14.1. The molecule has 0 radical (unpaired) electrons. The van der Waals surface area contributed by atoms with Gasteiger partial charge in [-0.3, -0.25) is 9.80 Å². The van der Waals surface area contributed by atoms with Gasteiger partial charge in [-0.15, -0.1) is 11.3 Å². The molecule has 2 aromatic rings. The molecule has 0 unspecified atom stereocenters. The molecule has 1 fully saturated rings. The Morgan fingerprint density at radius 1 is 1.34 bits per heavy atom. The van der Waals surface area contributed by atoms with Crippen molar-refractivity contribution in [1.29, 1.82) is 0 Å². The molecule has 10 heteroatoms. The molecule has 1 amide bonds. The second-order valence-corrected chi connectivity index (χ2v) is 10.5. The number of nitrogens with zero attached hydrogens (tertiary/aromatic N) is 3. The number of aromatic nitrogens is 1. The van der Waals surface area contributed by atoms with E-state index in [2.05, 4.69) is 23.4 Å². The van der Waals surface area contributed by atoms with Gasteiger partial charge in [0.05, 0.1) is 11.6 Å². The summed E-state index contributed by atoms with van der Waals surface area (Å²) >= 11 is 3.49. The first-order chi connectivity index (χ1) is 16.9. The molecule has 1 atom stereocenters. The van der Waals surface area contributed by atoms with Gasteiger partial charge in [-0.1, -0.05) is 48.5 Å². The number of hydrogen-bond donors (Lipinski definition) is 2. The van der Waals surface area contributed by atoms with Gasteiger partial charge in [-0.05, 0) is 59.5 Å². The van der Waals surface area contributed by atoms with Crippen molar-refractivity contribution in [2.45, 2.75) is 25.4 Å². The molecule has 35 heavy (non-hydrogen) atoms. The smallest absolute Gasteiger partial charge is 0.369 e. The lowest BCUT2D eigenvalue weighted by Crippen LogP contribution is -2.50. The van der Waals surface area contributed by atoms with Crippen LogP contribution < -0.4 is 0 Å². The van der Waals surface area contributed by atoms with Crippen LogP contribution in [0.15, 0.2) is 58.8 Å². The largest absolute Gasteiger partial charge is 0.473 e. The number of benzene rings is 1. The van der Waals surface area contributed by atoms with Crippen LogP contribution >= 0.6 is 34.9 Å². The SMILES string of the molecule is C=C/C=C(/CCN1C(=O)SCCN1CC[C@@H](O)Cc1cccc(C#Cc2cscn2)c1)SC(=O)O. The van der Waals surface area contributed by atoms with E-state index in [1.165, 1.54) is 23.1 Å². The maximum Gasteiger partial charge on any atom is 0.369 e. The van der Waals surface area contributed by atoms with E-state index in [1.807, 2.05) is 34.7 Å². The van der Waals surface area contributed by atoms with E-state index in [0.29, 0.717) is 49.6 Å². The van der Waals surface area contributed by atoms with Gasteiger partial charge in [0.1, 0.15) is 5.69 Å². The van der Waals surface area contributed by atoms with Gasteiger partial charge in [0.25, 0.3) is 5.24 Å². The summed E-state index contributed by atoms with van der Waals surface area (Å²) in [7, 11) is 0. The van der Waals surface area contributed by atoms with E-state index < -0.39 is 11.4 Å². The molecule has 0 aliphatic carbocycles. The van der Waals surface area contributed by atoms with Crippen LogP contribution in [0.2, 0.25) is 0 Å². The Morgan fingerprint density at radius 3 is 2.94 bits per heavy atom. The van der Waals surface area contributed by atoms with Crippen LogP contribution in [-0.4, -0.2) is 67.2 Å². The fourth-order valence-electron chi connectivity index (χ4n) is 3.50. The summed E-state index contributed by atoms with van der Waals surface area (Å²) < 4.78 is 0. The minimum absolute atomic E-state index is 0.0598. The number of rotatable bonds is 10. The van der Waals surface area contributed by atoms with Gasteiger partial charge in [0.2, 0.25) is 0 Å². The molecular formula is C25H27N3O4S3. The first-order valence-corrected chi connectivity index (χ1v) is 13.8. The van der Waals surface area contributed by atoms with Gasteiger partial charge < -0.3 is 10.2 Å². The number of hydrogen-bond acceptors (Lipinski definition) is 8. The molecule has 2 heterocycles. The molecule has 1 aromatic heterocycles. The van der Waals surface area contributed by atoms with E-state index >= 15 is 0 Å². The second-order valence-electron chi connectivity index (χ2n) is 7.65. The van der Waals surface area contributed by atoms with Gasteiger partial charge in [-0.2, -0.15) is 0 Å². The molecule has 1 aliphatic heterocycles. The number of hydrazine groups is 1. The van der Waals surface area contributed by atoms with Gasteiger partial charge in [0.15, 0.2) is 0 Å².